The van der Waals surface area contributed by atoms with Gasteiger partial charge in [0.05, 0.1) is 25.9 Å². The van der Waals surface area contributed by atoms with E-state index < -0.39 is 17.8 Å². The van der Waals surface area contributed by atoms with E-state index in [1.165, 1.54) is 4.90 Å². The first kappa shape index (κ1) is 17.5. The summed E-state index contributed by atoms with van der Waals surface area (Å²) < 4.78 is 10.6. The van der Waals surface area contributed by atoms with Gasteiger partial charge in [-0.05, 0) is 26.3 Å². The van der Waals surface area contributed by atoms with Gasteiger partial charge in [0.15, 0.2) is 0 Å². The zero-order chi connectivity index (χ0) is 15.9. The number of carbonyl (C=O) groups is 1. The highest BCUT2D eigenvalue weighted by molar-refractivity contribution is 5.67. The van der Waals surface area contributed by atoms with Gasteiger partial charge in [0.2, 0.25) is 0 Å². The molecule has 1 aromatic carbocycles. The molecule has 1 amide bonds. The number of aliphatic hydroxyl groups is 1. The summed E-state index contributed by atoms with van der Waals surface area (Å²) in [6.45, 7) is 6.19. The summed E-state index contributed by atoms with van der Waals surface area (Å²) in [5.74, 6) is 0. The van der Waals surface area contributed by atoms with Gasteiger partial charge in [0.1, 0.15) is 5.60 Å². The molecule has 0 radical (unpaired) electrons. The molecule has 0 aliphatic heterocycles. The van der Waals surface area contributed by atoms with E-state index in [0.717, 1.165) is 5.56 Å². The molecule has 0 aromatic heterocycles. The van der Waals surface area contributed by atoms with E-state index in [-0.39, 0.29) is 13.2 Å². The number of hydrogen-bond donors (Lipinski definition) is 1. The van der Waals surface area contributed by atoms with Crippen molar-refractivity contribution in [3.63, 3.8) is 0 Å². The minimum atomic E-state index is -0.744. The van der Waals surface area contributed by atoms with Gasteiger partial charge in [-0.2, -0.15) is 0 Å². The van der Waals surface area contributed by atoms with Crippen LogP contribution in [0.5, 0.6) is 0 Å². The van der Waals surface area contributed by atoms with Crippen LogP contribution in [0.3, 0.4) is 0 Å². The highest BCUT2D eigenvalue weighted by Crippen LogP contribution is 2.09. The van der Waals surface area contributed by atoms with Gasteiger partial charge in [-0.3, -0.25) is 0 Å². The molecular formula is C16H25NO4. The molecule has 0 aliphatic rings. The Morgan fingerprint density at radius 1 is 1.29 bits per heavy atom. The van der Waals surface area contributed by atoms with Gasteiger partial charge < -0.3 is 19.5 Å². The molecule has 0 spiro atoms. The van der Waals surface area contributed by atoms with Gasteiger partial charge in [-0.1, -0.05) is 30.3 Å². The van der Waals surface area contributed by atoms with E-state index in [2.05, 4.69) is 0 Å². The quantitative estimate of drug-likeness (QED) is 0.875. The van der Waals surface area contributed by atoms with E-state index in [0.29, 0.717) is 6.61 Å². The van der Waals surface area contributed by atoms with Crippen molar-refractivity contribution in [2.75, 3.05) is 20.2 Å². The molecule has 5 nitrogen and oxygen atoms in total. The zero-order valence-electron chi connectivity index (χ0n) is 13.2. The van der Waals surface area contributed by atoms with Crippen LogP contribution in [0.1, 0.15) is 26.3 Å². The number of carbonyl (C=O) groups excluding carboxylic acids is 1. The summed E-state index contributed by atoms with van der Waals surface area (Å²) in [7, 11) is 1.59. The number of likely N-dealkylation sites (N-methyl/N-ethyl adjacent to an activating group) is 1. The number of rotatable bonds is 6. The van der Waals surface area contributed by atoms with E-state index in [4.69, 9.17) is 9.47 Å². The van der Waals surface area contributed by atoms with Crippen molar-refractivity contribution in [3.05, 3.63) is 35.9 Å². The number of benzene rings is 1. The fourth-order valence-corrected chi connectivity index (χ4v) is 1.67. The molecule has 1 N–H and O–H groups in total. The standard InChI is InChI=1S/C16H25NO4/c1-16(2,3)21-15(19)17(4)10-14(18)12-20-11-13-8-6-5-7-9-13/h5-9,14,18H,10-12H2,1-4H3. The van der Waals surface area contributed by atoms with E-state index in [9.17, 15) is 9.90 Å². The Balaban J connectivity index is 2.26. The molecule has 0 fully saturated rings. The van der Waals surface area contributed by atoms with Crippen molar-refractivity contribution in [1.82, 2.24) is 4.90 Å². The number of aliphatic hydroxyl groups excluding tert-OH is 1. The Bertz CT molecular complexity index is 428. The van der Waals surface area contributed by atoms with Crippen molar-refractivity contribution >= 4 is 6.09 Å². The monoisotopic (exact) mass is 295 g/mol. The van der Waals surface area contributed by atoms with Crippen molar-refractivity contribution in [3.8, 4) is 0 Å². The lowest BCUT2D eigenvalue weighted by molar-refractivity contribution is -0.00291. The second kappa shape index (κ2) is 8.00. The van der Waals surface area contributed by atoms with Gasteiger partial charge in [0, 0.05) is 7.05 Å². The van der Waals surface area contributed by atoms with Crippen molar-refractivity contribution in [2.24, 2.45) is 0 Å². The van der Waals surface area contributed by atoms with Crippen LogP contribution in [0.25, 0.3) is 0 Å². The average Bonchev–Trinajstić information content (AvgIpc) is 2.37. The summed E-state index contributed by atoms with van der Waals surface area (Å²) in [6.07, 6.45) is -1.20. The highest BCUT2D eigenvalue weighted by atomic mass is 16.6. The maximum atomic E-state index is 11.7. The molecule has 1 aromatic rings. The van der Waals surface area contributed by atoms with Crippen LogP contribution in [0.2, 0.25) is 0 Å². The van der Waals surface area contributed by atoms with E-state index in [1.54, 1.807) is 27.8 Å². The number of hydrogen-bond acceptors (Lipinski definition) is 4. The van der Waals surface area contributed by atoms with Crippen molar-refractivity contribution < 1.29 is 19.4 Å². The van der Waals surface area contributed by atoms with Crippen LogP contribution in [-0.4, -0.2) is 48.0 Å². The predicted molar refractivity (Wildman–Crippen MR) is 81.0 cm³/mol. The summed E-state index contributed by atoms with van der Waals surface area (Å²) in [5.41, 5.74) is 0.505. The number of amides is 1. The second-order valence-corrected chi connectivity index (χ2v) is 6.02. The Hall–Kier alpha value is -1.59. The molecule has 0 saturated carbocycles. The Morgan fingerprint density at radius 3 is 2.48 bits per heavy atom. The molecule has 1 unspecified atom stereocenters. The maximum Gasteiger partial charge on any atom is 0.410 e. The second-order valence-electron chi connectivity index (χ2n) is 6.02. The van der Waals surface area contributed by atoms with Crippen molar-refractivity contribution in [1.29, 1.82) is 0 Å². The molecule has 1 atom stereocenters. The molecule has 1 rings (SSSR count). The summed E-state index contributed by atoms with van der Waals surface area (Å²) >= 11 is 0. The van der Waals surface area contributed by atoms with Crippen LogP contribution >= 0.6 is 0 Å². The molecule has 0 saturated heterocycles. The molecule has 21 heavy (non-hydrogen) atoms. The first-order valence-corrected chi connectivity index (χ1v) is 7.02. The number of ether oxygens (including phenoxy) is 2. The third-order valence-electron chi connectivity index (χ3n) is 2.61. The van der Waals surface area contributed by atoms with Crippen LogP contribution in [-0.2, 0) is 16.1 Å². The topological polar surface area (TPSA) is 59.0 Å². The van der Waals surface area contributed by atoms with Crippen LogP contribution in [0, 0.1) is 0 Å². The normalized spacial score (nSPS) is 12.8. The number of nitrogens with zero attached hydrogens (tertiary/aromatic N) is 1. The van der Waals surface area contributed by atoms with E-state index >= 15 is 0 Å². The lowest BCUT2D eigenvalue weighted by Gasteiger charge is -2.26. The molecule has 118 valence electrons. The summed E-state index contributed by atoms with van der Waals surface area (Å²) in [4.78, 5) is 13.1. The van der Waals surface area contributed by atoms with Gasteiger partial charge in [0.25, 0.3) is 0 Å². The molecule has 0 aliphatic carbocycles. The molecule has 5 heteroatoms. The Kier molecular flexibility index (Phi) is 6.65. The molecule has 0 bridgehead atoms. The lowest BCUT2D eigenvalue weighted by atomic mass is 10.2. The third-order valence-corrected chi connectivity index (χ3v) is 2.61. The maximum absolute atomic E-state index is 11.7. The van der Waals surface area contributed by atoms with Crippen LogP contribution in [0.15, 0.2) is 30.3 Å². The lowest BCUT2D eigenvalue weighted by Crippen LogP contribution is -2.39. The molecular weight excluding hydrogens is 270 g/mol. The van der Waals surface area contributed by atoms with Crippen LogP contribution < -0.4 is 0 Å². The fraction of sp³-hybridized carbons (Fsp3) is 0.562. The van der Waals surface area contributed by atoms with E-state index in [1.807, 2.05) is 30.3 Å². The Morgan fingerprint density at radius 2 is 1.90 bits per heavy atom. The zero-order valence-corrected chi connectivity index (χ0v) is 13.2. The Labute approximate surface area is 126 Å². The summed E-state index contributed by atoms with van der Waals surface area (Å²) in [5, 5.41) is 9.87. The minimum absolute atomic E-state index is 0.169. The first-order chi connectivity index (χ1) is 9.78. The van der Waals surface area contributed by atoms with Crippen molar-refractivity contribution in [2.45, 2.75) is 39.1 Å². The minimum Gasteiger partial charge on any atom is -0.444 e. The van der Waals surface area contributed by atoms with Gasteiger partial charge in [-0.15, -0.1) is 0 Å². The SMILES string of the molecule is CN(CC(O)COCc1ccccc1)C(=O)OC(C)(C)C. The fourth-order valence-electron chi connectivity index (χ4n) is 1.67. The smallest absolute Gasteiger partial charge is 0.410 e. The third kappa shape index (κ3) is 7.68. The first-order valence-electron chi connectivity index (χ1n) is 7.02. The largest absolute Gasteiger partial charge is 0.444 e. The molecule has 0 heterocycles. The average molecular weight is 295 g/mol. The predicted octanol–water partition coefficient (Wildman–Crippen LogP) is 2.43. The van der Waals surface area contributed by atoms with Crippen LogP contribution in [0.4, 0.5) is 4.79 Å². The van der Waals surface area contributed by atoms with Gasteiger partial charge in [-0.25, -0.2) is 4.79 Å². The van der Waals surface area contributed by atoms with Gasteiger partial charge >= 0.3 is 6.09 Å². The highest BCUT2D eigenvalue weighted by Gasteiger charge is 2.21. The summed E-state index contributed by atoms with van der Waals surface area (Å²) in [6, 6.07) is 9.73.